The van der Waals surface area contributed by atoms with E-state index in [0.29, 0.717) is 33.8 Å². The highest BCUT2D eigenvalue weighted by atomic mass is 35.5. The van der Waals surface area contributed by atoms with E-state index in [9.17, 15) is 13.2 Å². The maximum Gasteiger partial charge on any atom is 0.251 e. The highest BCUT2D eigenvalue weighted by Crippen LogP contribution is 2.32. The van der Waals surface area contributed by atoms with Crippen molar-refractivity contribution in [3.05, 3.63) is 63.6 Å². The van der Waals surface area contributed by atoms with Gasteiger partial charge in [0.05, 0.1) is 23.5 Å². The smallest absolute Gasteiger partial charge is 0.251 e. The summed E-state index contributed by atoms with van der Waals surface area (Å²) in [7, 11) is -3.59. The van der Waals surface area contributed by atoms with Crippen LogP contribution in [0.4, 0.5) is 5.69 Å². The van der Waals surface area contributed by atoms with E-state index in [4.69, 9.17) is 23.2 Å². The van der Waals surface area contributed by atoms with E-state index >= 15 is 0 Å². The number of carbonyl (C=O) groups is 1. The zero-order valence-corrected chi connectivity index (χ0v) is 19.2. The highest BCUT2D eigenvalue weighted by molar-refractivity contribution is 7.92. The van der Waals surface area contributed by atoms with E-state index in [-0.39, 0.29) is 12.5 Å². The van der Waals surface area contributed by atoms with Crippen molar-refractivity contribution in [1.29, 1.82) is 0 Å². The molecule has 1 N–H and O–H groups in total. The molecule has 3 rings (SSSR count). The zero-order valence-electron chi connectivity index (χ0n) is 16.9. The minimum Gasteiger partial charge on any atom is -0.352 e. The Labute approximate surface area is 188 Å². The molecule has 30 heavy (non-hydrogen) atoms. The van der Waals surface area contributed by atoms with Crippen LogP contribution in [0, 0.1) is 5.92 Å². The monoisotopic (exact) mass is 468 g/mol. The average molecular weight is 469 g/mol. The standard InChI is InChI=1S/C22H26Cl2N2O3S/c1-30(28,29)26(21-13-19(23)11-12-20(21)24)15-17-7-9-18(10-8-17)22(27)25-14-16-5-3-2-4-6-16/h7-13,16H,2-6,14-15H2,1H3,(H,25,27). The Morgan fingerprint density at radius 3 is 2.37 bits per heavy atom. The van der Waals surface area contributed by atoms with E-state index in [1.54, 1.807) is 36.4 Å². The Hall–Kier alpha value is -1.76. The molecular weight excluding hydrogens is 443 g/mol. The molecule has 0 aromatic heterocycles. The van der Waals surface area contributed by atoms with Crippen LogP contribution in [0.1, 0.15) is 48.0 Å². The van der Waals surface area contributed by atoms with Gasteiger partial charge in [-0.1, -0.05) is 54.6 Å². The molecule has 0 heterocycles. The second kappa shape index (κ2) is 10.0. The number of sulfonamides is 1. The van der Waals surface area contributed by atoms with Crippen LogP contribution in [-0.4, -0.2) is 27.1 Å². The number of halogens is 2. The van der Waals surface area contributed by atoms with Crippen LogP contribution in [0.25, 0.3) is 0 Å². The van der Waals surface area contributed by atoms with Crippen molar-refractivity contribution >= 4 is 44.8 Å². The summed E-state index contributed by atoms with van der Waals surface area (Å²) in [5, 5.41) is 3.71. The van der Waals surface area contributed by atoms with Crippen molar-refractivity contribution in [2.24, 2.45) is 5.92 Å². The molecule has 2 aromatic carbocycles. The molecule has 0 unspecified atom stereocenters. The van der Waals surface area contributed by atoms with Gasteiger partial charge >= 0.3 is 0 Å². The maximum absolute atomic E-state index is 12.4. The third kappa shape index (κ3) is 6.13. The lowest BCUT2D eigenvalue weighted by Crippen LogP contribution is -2.30. The average Bonchev–Trinajstić information content (AvgIpc) is 2.72. The molecule has 5 nitrogen and oxygen atoms in total. The summed E-state index contributed by atoms with van der Waals surface area (Å²) in [6, 6.07) is 11.6. The third-order valence-electron chi connectivity index (χ3n) is 5.40. The molecule has 162 valence electrons. The van der Waals surface area contributed by atoms with E-state index in [0.717, 1.165) is 11.8 Å². The van der Waals surface area contributed by atoms with Gasteiger partial charge in [-0.3, -0.25) is 9.10 Å². The van der Waals surface area contributed by atoms with Gasteiger partial charge in [0, 0.05) is 17.1 Å². The van der Waals surface area contributed by atoms with Crippen molar-refractivity contribution in [3.8, 4) is 0 Å². The fraction of sp³-hybridized carbons (Fsp3) is 0.409. The van der Waals surface area contributed by atoms with Gasteiger partial charge in [-0.05, 0) is 54.7 Å². The Morgan fingerprint density at radius 1 is 1.07 bits per heavy atom. The number of amides is 1. The third-order valence-corrected chi connectivity index (χ3v) is 7.08. The molecule has 0 bridgehead atoms. The van der Waals surface area contributed by atoms with Crippen molar-refractivity contribution in [2.75, 3.05) is 17.1 Å². The summed E-state index contributed by atoms with van der Waals surface area (Å²) in [5.41, 5.74) is 1.61. The van der Waals surface area contributed by atoms with Gasteiger partial charge in [0.2, 0.25) is 10.0 Å². The van der Waals surface area contributed by atoms with Crippen LogP contribution < -0.4 is 9.62 Å². The SMILES string of the molecule is CS(=O)(=O)N(Cc1ccc(C(=O)NCC2CCCCC2)cc1)c1cc(Cl)ccc1Cl. The molecular formula is C22H26Cl2N2O3S. The number of carbonyl (C=O) groups excluding carboxylic acids is 1. The first-order valence-corrected chi connectivity index (χ1v) is 12.6. The van der Waals surface area contributed by atoms with Gasteiger partial charge in [-0.15, -0.1) is 0 Å². The number of nitrogens with zero attached hydrogens (tertiary/aromatic N) is 1. The van der Waals surface area contributed by atoms with Crippen LogP contribution in [0.5, 0.6) is 0 Å². The maximum atomic E-state index is 12.4. The zero-order chi connectivity index (χ0) is 21.7. The minimum absolute atomic E-state index is 0.0862. The molecule has 1 amide bonds. The van der Waals surface area contributed by atoms with Crippen LogP contribution in [0.2, 0.25) is 10.0 Å². The van der Waals surface area contributed by atoms with Gasteiger partial charge in [0.15, 0.2) is 0 Å². The molecule has 1 aliphatic rings. The number of benzene rings is 2. The number of anilines is 1. The quantitative estimate of drug-likeness (QED) is 0.601. The summed E-state index contributed by atoms with van der Waals surface area (Å²) in [6.45, 7) is 0.790. The van der Waals surface area contributed by atoms with Crippen LogP contribution in [-0.2, 0) is 16.6 Å². The molecule has 1 aliphatic carbocycles. The summed E-state index contributed by atoms with van der Waals surface area (Å²) in [5.74, 6) is 0.456. The predicted octanol–water partition coefficient (Wildman–Crippen LogP) is 5.27. The summed E-state index contributed by atoms with van der Waals surface area (Å²) < 4.78 is 25.9. The van der Waals surface area contributed by atoms with Gasteiger partial charge in [0.1, 0.15) is 0 Å². The molecule has 0 spiro atoms. The van der Waals surface area contributed by atoms with E-state index < -0.39 is 10.0 Å². The normalized spacial score (nSPS) is 15.0. The predicted molar refractivity (Wildman–Crippen MR) is 123 cm³/mol. The number of hydrogen-bond donors (Lipinski definition) is 1. The molecule has 1 fully saturated rings. The first kappa shape index (κ1) is 22.9. The number of hydrogen-bond acceptors (Lipinski definition) is 3. The largest absolute Gasteiger partial charge is 0.352 e. The molecule has 0 saturated heterocycles. The number of nitrogens with one attached hydrogen (secondary N) is 1. The molecule has 0 radical (unpaired) electrons. The summed E-state index contributed by atoms with van der Waals surface area (Å²) in [4.78, 5) is 12.4. The molecule has 0 aliphatic heterocycles. The first-order chi connectivity index (χ1) is 14.2. The molecule has 1 saturated carbocycles. The van der Waals surface area contributed by atoms with Gasteiger partial charge in [-0.25, -0.2) is 8.42 Å². The Morgan fingerprint density at radius 2 is 1.73 bits per heavy atom. The van der Waals surface area contributed by atoms with E-state index in [1.807, 2.05) is 0 Å². The Balaban J connectivity index is 1.69. The topological polar surface area (TPSA) is 66.5 Å². The van der Waals surface area contributed by atoms with Gasteiger partial charge in [-0.2, -0.15) is 0 Å². The Bertz CT molecular complexity index is 988. The number of rotatable bonds is 7. The summed E-state index contributed by atoms with van der Waals surface area (Å²) in [6.07, 6.45) is 7.23. The second-order valence-electron chi connectivity index (χ2n) is 7.78. The lowest BCUT2D eigenvalue weighted by atomic mass is 9.89. The lowest BCUT2D eigenvalue weighted by Gasteiger charge is -2.24. The fourth-order valence-corrected chi connectivity index (χ4v) is 5.04. The highest BCUT2D eigenvalue weighted by Gasteiger charge is 2.21. The molecule has 0 atom stereocenters. The first-order valence-electron chi connectivity index (χ1n) is 10.0. The second-order valence-corrected chi connectivity index (χ2v) is 10.5. The van der Waals surface area contributed by atoms with E-state index in [1.165, 1.54) is 42.5 Å². The Kier molecular flexibility index (Phi) is 7.66. The van der Waals surface area contributed by atoms with E-state index in [2.05, 4.69) is 5.32 Å². The van der Waals surface area contributed by atoms with Crippen molar-refractivity contribution in [3.63, 3.8) is 0 Å². The fourth-order valence-electron chi connectivity index (χ4n) is 3.72. The van der Waals surface area contributed by atoms with Crippen molar-refractivity contribution in [1.82, 2.24) is 5.32 Å². The molecule has 8 heteroatoms. The van der Waals surface area contributed by atoms with Gasteiger partial charge < -0.3 is 5.32 Å². The van der Waals surface area contributed by atoms with Crippen molar-refractivity contribution < 1.29 is 13.2 Å². The minimum atomic E-state index is -3.59. The summed E-state index contributed by atoms with van der Waals surface area (Å²) >= 11 is 12.2. The van der Waals surface area contributed by atoms with Crippen LogP contribution in [0.3, 0.4) is 0 Å². The van der Waals surface area contributed by atoms with Crippen LogP contribution in [0.15, 0.2) is 42.5 Å². The lowest BCUT2D eigenvalue weighted by molar-refractivity contribution is 0.0943. The van der Waals surface area contributed by atoms with Gasteiger partial charge in [0.25, 0.3) is 5.91 Å². The van der Waals surface area contributed by atoms with Crippen LogP contribution >= 0.6 is 23.2 Å². The van der Waals surface area contributed by atoms with Crippen molar-refractivity contribution in [2.45, 2.75) is 38.6 Å². The molecule has 2 aromatic rings.